The van der Waals surface area contributed by atoms with E-state index in [2.05, 4.69) is 316 Å². The van der Waals surface area contributed by atoms with E-state index in [1.165, 1.54) is 51.4 Å². The van der Waals surface area contributed by atoms with Gasteiger partial charge in [0.15, 0.2) is 0 Å². The maximum absolute atomic E-state index is 13.5. The van der Waals surface area contributed by atoms with Crippen molar-refractivity contribution in [1.29, 1.82) is 0 Å². The first-order chi connectivity index (χ1) is 56.1. The minimum atomic E-state index is -1.31. The summed E-state index contributed by atoms with van der Waals surface area (Å²) >= 11 is 0. The normalized spacial score (nSPS) is 10.7. The quantitative estimate of drug-likeness (QED) is 0.00572. The number of carbonyl (C=O) groups excluding carboxylic acids is 2. The van der Waals surface area contributed by atoms with E-state index in [9.17, 15) is 9.59 Å². The Labute approximate surface area is 657 Å². The van der Waals surface area contributed by atoms with Crippen LogP contribution in [0.15, 0.2) is 194 Å². The minimum absolute atomic E-state index is 0.259. The fraction of sp³-hybridized carbons (Fsp3) is 0.191. The number of benzene rings is 12. The van der Waals surface area contributed by atoms with Gasteiger partial charge < -0.3 is 18.9 Å². The molecule has 12 rings (SSSR count). The lowest BCUT2D eigenvalue weighted by atomic mass is 9.82. The molecule has 0 aliphatic carbocycles. The largest absolute Gasteiger partial charge is 0.494 e. The Morgan fingerprint density at radius 1 is 0.342 bits per heavy atom. The smallest absolute Gasteiger partial charge is 0.421 e. The molecule has 0 atom stereocenters. The molecule has 1 N–H and O–H groups in total. The number of aryl methyl sites for hydroxylation is 2. The molecule has 20 heteroatoms. The third-order valence-corrected chi connectivity index (χ3v) is 18.7. The Balaban J connectivity index is 0.925. The molecular weight excluding hydrogens is 1450 g/mol. The summed E-state index contributed by atoms with van der Waals surface area (Å²) in [6.07, 6.45) is 21.9. The van der Waals surface area contributed by atoms with Gasteiger partial charge in [-0.3, -0.25) is 4.89 Å². The molecule has 0 fully saturated rings. The second-order valence-corrected chi connectivity index (χ2v) is 26.0. The van der Waals surface area contributed by atoms with Crippen LogP contribution in [-0.2, 0) is 74.9 Å². The van der Waals surface area contributed by atoms with E-state index in [-0.39, 0.29) is 5.75 Å². The average Bonchev–Trinajstić information content (AvgIpc) is 0.723. The molecule has 12 aromatic rings. The molecule has 20 nitrogen and oxygen atoms in total. The number of esters is 1. The topological polar surface area (TPSA) is 211 Å². The third kappa shape index (κ3) is 20.9. The van der Waals surface area contributed by atoms with Crippen LogP contribution in [0.4, 0.5) is 0 Å². The number of ether oxygens (including phenoxy) is 4. The van der Waals surface area contributed by atoms with E-state index in [1.807, 2.05) is 42.3 Å². The SMILES string of the molecule is C#CC#CC#CC#COc1ccc2c(-c3ccc(C)cc3)c3cc(OCCCCCCCC)ccc3c(-c3ccc(-c4ccc5c(-c6ccc(OC(=O)C#CC#CC#CC(=O)OOOOOOOOOOOOOO)c7ccccc67)c6cc(C)ccc6c(-c6ccc(OCCCCCCCC)c7ccccc67)c5c4)cc3)c2c1. The van der Waals surface area contributed by atoms with Crippen LogP contribution in [0.25, 0.3) is 120 Å². The highest BCUT2D eigenvalue weighted by atomic mass is 18.0. The molecule has 0 aliphatic heterocycles. The molecule has 0 saturated carbocycles. The number of fused-ring (bicyclic) bond motifs is 6. The van der Waals surface area contributed by atoms with Crippen LogP contribution >= 0.6 is 0 Å². The van der Waals surface area contributed by atoms with Crippen molar-refractivity contribution < 1.29 is 99.1 Å². The molecule has 0 spiro atoms. The molecule has 0 saturated heterocycles. The first kappa shape index (κ1) is 80.5. The lowest BCUT2D eigenvalue weighted by Crippen LogP contribution is -2.06. The summed E-state index contributed by atoms with van der Waals surface area (Å²) < 4.78 is 25.3. The van der Waals surface area contributed by atoms with Crippen molar-refractivity contribution in [2.75, 3.05) is 13.2 Å². The standard InChI is InChI=1S/C94H74O20/c1-6-9-12-15-20-29-58-98-71-49-53-80-85(63-71)91(68-41-38-65(4)39-42-68)79-52-48-72(99-59-30-21-16-13-10-7-2)64-86(79)92(80)69-45-43-67(44-46-69)70-47-51-82-84(62-70)94(77-54-56-87(75-34-27-25-32-73(75)77)100-60-31-22-17-14-11-8-3)81-50-40-66(5)61-83(81)93(82)78-55-57-88(76-35-28-26-33-74(76)78)101-89(95)36-23-18-19-24-37-90(96)102-104-106-108-110-112-114-113-111-109-107-105-103-97/h2,25-28,32-35,38-57,61-64,97H,6,8-9,11-12,14-15,17,20,22,29,31,58,60H2,1,3-5H3. The summed E-state index contributed by atoms with van der Waals surface area (Å²) in [6, 6.07) is 67.8. The third-order valence-electron chi connectivity index (χ3n) is 18.7. The van der Waals surface area contributed by atoms with Crippen molar-refractivity contribution in [2.24, 2.45) is 0 Å². The highest BCUT2D eigenvalue weighted by Gasteiger charge is 2.24. The van der Waals surface area contributed by atoms with Crippen LogP contribution in [0.5, 0.6) is 23.0 Å². The van der Waals surface area contributed by atoms with Gasteiger partial charge in [-0.25, -0.2) is 14.8 Å². The van der Waals surface area contributed by atoms with Crippen LogP contribution in [0, 0.1) is 97.4 Å². The van der Waals surface area contributed by atoms with Crippen LogP contribution in [0.1, 0.15) is 102 Å². The Hall–Kier alpha value is -13.1. The van der Waals surface area contributed by atoms with Gasteiger partial charge in [-0.2, -0.15) is 0 Å². The Kier molecular flexibility index (Phi) is 29.5. The highest BCUT2D eigenvalue weighted by Crippen LogP contribution is 2.51. The van der Waals surface area contributed by atoms with E-state index in [0.717, 1.165) is 163 Å². The minimum Gasteiger partial charge on any atom is -0.494 e. The molecule has 12 aromatic carbocycles. The average molecular weight is 1520 g/mol. The van der Waals surface area contributed by atoms with Gasteiger partial charge >= 0.3 is 11.9 Å². The van der Waals surface area contributed by atoms with Gasteiger partial charge in [0, 0.05) is 70.6 Å². The van der Waals surface area contributed by atoms with E-state index in [4.69, 9.17) is 30.6 Å². The number of hydrogen-bond acceptors (Lipinski definition) is 20. The molecule has 0 aromatic heterocycles. The summed E-state index contributed by atoms with van der Waals surface area (Å²) in [4.78, 5) is 29.5. The molecule has 0 amide bonds. The van der Waals surface area contributed by atoms with E-state index in [1.54, 1.807) is 6.07 Å². The Bertz CT molecular complexity index is 5930. The highest BCUT2D eigenvalue weighted by molar-refractivity contribution is 6.27. The fourth-order valence-electron chi connectivity index (χ4n) is 13.7. The van der Waals surface area contributed by atoms with E-state index < -0.39 is 11.9 Å². The maximum Gasteiger partial charge on any atom is 0.421 e. The maximum atomic E-state index is 13.5. The number of carbonyl (C=O) groups is 2. The summed E-state index contributed by atoms with van der Waals surface area (Å²) in [5.41, 5.74) is 12.3. The van der Waals surface area contributed by atoms with Crippen molar-refractivity contribution in [3.63, 3.8) is 0 Å². The lowest BCUT2D eigenvalue weighted by Gasteiger charge is -2.22. The van der Waals surface area contributed by atoms with Crippen LogP contribution in [0.2, 0.25) is 0 Å². The number of hydrogen-bond donors (Lipinski definition) is 1. The number of unbranched alkanes of at least 4 members (excludes halogenated alkanes) is 10. The zero-order chi connectivity index (χ0) is 79.1. The van der Waals surface area contributed by atoms with E-state index in [0.29, 0.717) is 24.3 Å². The zero-order valence-corrected chi connectivity index (χ0v) is 62.7. The first-order valence-electron chi connectivity index (χ1n) is 36.9. The van der Waals surface area contributed by atoms with Gasteiger partial charge in [-0.1, -0.05) is 229 Å². The molecule has 570 valence electrons. The van der Waals surface area contributed by atoms with Gasteiger partial charge in [0.2, 0.25) is 0 Å². The number of rotatable bonds is 35. The first-order valence-corrected chi connectivity index (χ1v) is 36.9. The number of terminal acetylenes is 1. The van der Waals surface area contributed by atoms with Crippen molar-refractivity contribution >= 4 is 76.6 Å². The monoisotopic (exact) mass is 1520 g/mol. The van der Waals surface area contributed by atoms with Crippen LogP contribution in [0.3, 0.4) is 0 Å². The lowest BCUT2D eigenvalue weighted by molar-refractivity contribution is -0.874. The predicted molar refractivity (Wildman–Crippen MR) is 429 cm³/mol. The predicted octanol–water partition coefficient (Wildman–Crippen LogP) is 21.1. The Morgan fingerprint density at radius 2 is 0.781 bits per heavy atom. The van der Waals surface area contributed by atoms with Gasteiger partial charge in [-0.05, 0) is 262 Å². The van der Waals surface area contributed by atoms with Crippen molar-refractivity contribution in [2.45, 2.75) is 105 Å². The molecule has 0 heterocycles. The van der Waals surface area contributed by atoms with E-state index >= 15 is 0 Å². The molecule has 0 bridgehead atoms. The fourth-order valence-corrected chi connectivity index (χ4v) is 13.7. The van der Waals surface area contributed by atoms with Gasteiger partial charge in [0.1, 0.15) is 29.1 Å². The summed E-state index contributed by atoms with van der Waals surface area (Å²) in [5.74, 6) is 29.2. The molecule has 0 aliphatic rings. The van der Waals surface area contributed by atoms with Gasteiger partial charge in [-0.15, -0.1) is 6.42 Å². The van der Waals surface area contributed by atoms with Gasteiger partial charge in [0.25, 0.3) is 0 Å². The second kappa shape index (κ2) is 41.8. The van der Waals surface area contributed by atoms with Crippen molar-refractivity contribution in [3.8, 4) is 162 Å². The summed E-state index contributed by atoms with van der Waals surface area (Å²) in [6.45, 7) is 9.91. The van der Waals surface area contributed by atoms with Crippen LogP contribution in [-0.4, -0.2) is 30.4 Å². The van der Waals surface area contributed by atoms with Crippen molar-refractivity contribution in [3.05, 3.63) is 205 Å². The van der Waals surface area contributed by atoms with Crippen LogP contribution < -0.4 is 18.9 Å². The molecule has 114 heavy (non-hydrogen) atoms. The summed E-state index contributed by atoms with van der Waals surface area (Å²) in [5, 5.41) is 62.9. The Morgan fingerprint density at radius 3 is 1.39 bits per heavy atom. The molecule has 0 unspecified atom stereocenters. The summed E-state index contributed by atoms with van der Waals surface area (Å²) in [7, 11) is 0. The van der Waals surface area contributed by atoms with Crippen molar-refractivity contribution in [1.82, 2.24) is 0 Å². The zero-order valence-electron chi connectivity index (χ0n) is 62.7. The molecule has 0 radical (unpaired) electrons. The van der Waals surface area contributed by atoms with Gasteiger partial charge in [0.05, 0.1) is 13.2 Å². The molecular formula is C94H74O20. The second-order valence-electron chi connectivity index (χ2n) is 26.0.